The molecule has 0 aromatic heterocycles. The zero-order valence-corrected chi connectivity index (χ0v) is 28.9. The molecule has 8 aromatic rings. The molecular formula is C48H31B2N3. The molecule has 8 aromatic carbocycles. The first-order chi connectivity index (χ1) is 26.3. The van der Waals surface area contributed by atoms with Crippen molar-refractivity contribution in [1.29, 1.82) is 0 Å². The van der Waals surface area contributed by atoms with Gasteiger partial charge in [0.25, 0.3) is 6.71 Å². The van der Waals surface area contributed by atoms with Crippen LogP contribution in [0.2, 0.25) is 0 Å². The molecule has 0 saturated heterocycles. The molecule has 0 bridgehead atoms. The molecule has 0 saturated carbocycles. The number of benzene rings is 8. The minimum atomic E-state index is -0.0352. The van der Waals surface area contributed by atoms with Gasteiger partial charge >= 0.3 is 6.85 Å². The predicted octanol–water partition coefficient (Wildman–Crippen LogP) is 8.67. The number of para-hydroxylation sites is 5. The third-order valence-electron chi connectivity index (χ3n) is 11.8. The Morgan fingerprint density at radius 2 is 0.887 bits per heavy atom. The van der Waals surface area contributed by atoms with Crippen LogP contribution in [0.1, 0.15) is 0 Å². The zero-order chi connectivity index (χ0) is 34.6. The van der Waals surface area contributed by atoms with Crippen molar-refractivity contribution >= 4 is 86.4 Å². The summed E-state index contributed by atoms with van der Waals surface area (Å²) in [6.45, 7) is 0.0544. The lowest BCUT2D eigenvalue weighted by Crippen LogP contribution is -2.68. The molecule has 12 rings (SSSR count). The van der Waals surface area contributed by atoms with Crippen LogP contribution in [0.4, 0.5) is 45.5 Å². The highest BCUT2D eigenvalue weighted by molar-refractivity contribution is 7.02. The van der Waals surface area contributed by atoms with Crippen LogP contribution < -0.4 is 41.9 Å². The number of hydrogen-bond donors (Lipinski definition) is 0. The summed E-state index contributed by atoms with van der Waals surface area (Å²) < 4.78 is 0. The molecule has 5 heteroatoms. The predicted molar refractivity (Wildman–Crippen MR) is 225 cm³/mol. The van der Waals surface area contributed by atoms with E-state index in [1.807, 2.05) is 0 Å². The van der Waals surface area contributed by atoms with E-state index in [1.165, 1.54) is 95.1 Å². The Labute approximate surface area is 310 Å². The van der Waals surface area contributed by atoms with Crippen molar-refractivity contribution in [3.63, 3.8) is 0 Å². The quantitative estimate of drug-likeness (QED) is 0.174. The van der Waals surface area contributed by atoms with Crippen molar-refractivity contribution < 1.29 is 0 Å². The summed E-state index contributed by atoms with van der Waals surface area (Å²) in [5.74, 6) is 0. The summed E-state index contributed by atoms with van der Waals surface area (Å²) in [5.41, 5.74) is 21.6. The van der Waals surface area contributed by atoms with Crippen molar-refractivity contribution in [2.75, 3.05) is 14.6 Å². The van der Waals surface area contributed by atoms with E-state index in [1.54, 1.807) is 0 Å². The third-order valence-corrected chi connectivity index (χ3v) is 11.8. The monoisotopic (exact) mass is 671 g/mol. The molecule has 0 aliphatic carbocycles. The van der Waals surface area contributed by atoms with Gasteiger partial charge in [0.15, 0.2) is 0 Å². The van der Waals surface area contributed by atoms with Gasteiger partial charge in [0.05, 0.1) is 0 Å². The maximum Gasteiger partial charge on any atom is 0.333 e. The van der Waals surface area contributed by atoms with Crippen molar-refractivity contribution in [3.05, 3.63) is 188 Å². The highest BCUT2D eigenvalue weighted by Gasteiger charge is 2.52. The van der Waals surface area contributed by atoms with Crippen LogP contribution in [0.3, 0.4) is 0 Å². The van der Waals surface area contributed by atoms with Crippen LogP contribution in [0.15, 0.2) is 188 Å². The average Bonchev–Trinajstić information content (AvgIpc) is 3.24. The van der Waals surface area contributed by atoms with E-state index in [0.717, 1.165) is 0 Å². The highest BCUT2D eigenvalue weighted by atomic mass is 15.2. The highest BCUT2D eigenvalue weighted by Crippen LogP contribution is 2.51. The Morgan fingerprint density at radius 3 is 1.57 bits per heavy atom. The molecule has 0 amide bonds. The summed E-state index contributed by atoms with van der Waals surface area (Å²) in [7, 11) is 0. The van der Waals surface area contributed by atoms with Crippen LogP contribution in [0.5, 0.6) is 0 Å². The smallest absolute Gasteiger partial charge is 0.333 e. The van der Waals surface area contributed by atoms with Crippen molar-refractivity contribution in [2.45, 2.75) is 0 Å². The van der Waals surface area contributed by atoms with Crippen LogP contribution in [0, 0.1) is 0 Å². The van der Waals surface area contributed by atoms with Gasteiger partial charge < -0.3 is 14.6 Å². The molecule has 0 unspecified atom stereocenters. The van der Waals surface area contributed by atoms with E-state index in [4.69, 9.17) is 0 Å². The Kier molecular flexibility index (Phi) is 5.95. The molecule has 0 N–H and O–H groups in total. The first-order valence-corrected chi connectivity index (χ1v) is 18.5. The van der Waals surface area contributed by atoms with Crippen molar-refractivity contribution in [1.82, 2.24) is 0 Å². The minimum absolute atomic E-state index is 0.0352. The van der Waals surface area contributed by atoms with Gasteiger partial charge in [-0.25, -0.2) is 0 Å². The van der Waals surface area contributed by atoms with E-state index in [9.17, 15) is 0 Å². The number of fused-ring (bicyclic) bond motifs is 10. The van der Waals surface area contributed by atoms with Gasteiger partial charge in [-0.1, -0.05) is 133 Å². The maximum atomic E-state index is 2.62. The Hall–Kier alpha value is -6.71. The van der Waals surface area contributed by atoms with Gasteiger partial charge in [-0.15, -0.1) is 0 Å². The van der Waals surface area contributed by atoms with Gasteiger partial charge in [-0.3, -0.25) is 0 Å². The Morgan fingerprint density at radius 1 is 0.340 bits per heavy atom. The van der Waals surface area contributed by atoms with E-state index >= 15 is 0 Å². The molecule has 0 spiro atoms. The summed E-state index contributed by atoms with van der Waals surface area (Å²) in [5, 5.41) is 0. The van der Waals surface area contributed by atoms with Crippen LogP contribution in [0.25, 0.3) is 22.3 Å². The first kappa shape index (κ1) is 28.9. The van der Waals surface area contributed by atoms with Gasteiger partial charge in [0.2, 0.25) is 0 Å². The van der Waals surface area contributed by atoms with Gasteiger partial charge in [-0.05, 0) is 98.6 Å². The molecule has 53 heavy (non-hydrogen) atoms. The molecule has 4 aliphatic rings. The second-order valence-electron chi connectivity index (χ2n) is 14.4. The second kappa shape index (κ2) is 10.9. The lowest BCUT2D eigenvalue weighted by Gasteiger charge is -2.51. The zero-order valence-electron chi connectivity index (χ0n) is 28.9. The summed E-state index contributed by atoms with van der Waals surface area (Å²) in [6, 6.07) is 69.6. The first-order valence-electron chi connectivity index (χ1n) is 18.5. The molecule has 0 fully saturated rings. The number of rotatable bonds is 3. The van der Waals surface area contributed by atoms with Gasteiger partial charge in [0.1, 0.15) is 0 Å². The Bertz CT molecular complexity index is 2760. The lowest BCUT2D eigenvalue weighted by atomic mass is 9.31. The van der Waals surface area contributed by atoms with E-state index in [2.05, 4.69) is 203 Å². The largest absolute Gasteiger partial charge is 0.376 e. The fourth-order valence-corrected chi connectivity index (χ4v) is 9.73. The lowest BCUT2D eigenvalue weighted by molar-refractivity contribution is 1.25. The topological polar surface area (TPSA) is 9.72 Å². The van der Waals surface area contributed by atoms with E-state index in [0.29, 0.717) is 0 Å². The van der Waals surface area contributed by atoms with Gasteiger partial charge in [0, 0.05) is 51.1 Å². The Balaban J connectivity index is 1.26. The summed E-state index contributed by atoms with van der Waals surface area (Å²) in [4.78, 5) is 7.73. The molecule has 0 radical (unpaired) electrons. The standard InChI is InChI=1S/C48H31B2N3/c1-4-16-32(17-5-1)33-28-29-36-37-31-45-47-48-46(37)50(53(44(36)30-33)35-20-8-3-9-21-35)40-24-12-15-27-43(40)52(48)42-26-14-11-23-39(42)49(47)38-22-10-13-25-41(38)51(45)34-18-6-2-7-19-34/h1-31H. The van der Waals surface area contributed by atoms with Crippen LogP contribution in [-0.2, 0) is 0 Å². The molecule has 3 nitrogen and oxygen atoms in total. The third kappa shape index (κ3) is 3.91. The molecular weight excluding hydrogens is 640 g/mol. The second-order valence-corrected chi connectivity index (χ2v) is 14.4. The maximum absolute atomic E-state index is 2.62. The van der Waals surface area contributed by atoms with Crippen LogP contribution in [-0.4, -0.2) is 13.6 Å². The molecule has 4 heterocycles. The fraction of sp³-hybridized carbons (Fsp3) is 0. The molecule has 0 atom stereocenters. The molecule has 244 valence electrons. The normalized spacial score (nSPS) is 13.8. The van der Waals surface area contributed by atoms with Crippen LogP contribution >= 0.6 is 0 Å². The molecule has 4 aliphatic heterocycles. The van der Waals surface area contributed by atoms with Gasteiger partial charge in [-0.2, -0.15) is 0 Å². The van der Waals surface area contributed by atoms with E-state index in [-0.39, 0.29) is 13.6 Å². The minimum Gasteiger partial charge on any atom is -0.376 e. The van der Waals surface area contributed by atoms with Crippen molar-refractivity contribution in [3.8, 4) is 22.3 Å². The average molecular weight is 671 g/mol. The number of hydrogen-bond acceptors (Lipinski definition) is 3. The summed E-state index contributed by atoms with van der Waals surface area (Å²) in [6.07, 6.45) is 0. The number of anilines is 8. The SMILES string of the molecule is c1ccc(-c2ccc3c(c2)N(c2ccccc2)B2c4ccccc4N4c5ccccc5B5c6ccccc6N(c6ccccc6)c6cc-3c2c4c65)cc1. The number of nitrogens with zero attached hydrogens (tertiary/aromatic N) is 3. The van der Waals surface area contributed by atoms with E-state index < -0.39 is 0 Å². The van der Waals surface area contributed by atoms with Crippen molar-refractivity contribution in [2.24, 2.45) is 0 Å². The fourth-order valence-electron chi connectivity index (χ4n) is 9.73. The summed E-state index contributed by atoms with van der Waals surface area (Å²) >= 11 is 0.